The first-order chi connectivity index (χ1) is 12.2. The van der Waals surface area contributed by atoms with Crippen LogP contribution in [0.3, 0.4) is 0 Å². The van der Waals surface area contributed by atoms with Crippen LogP contribution in [0, 0.1) is 9.54 Å². The number of nitrogens with one attached hydrogen (secondary N) is 2. The van der Waals surface area contributed by atoms with E-state index in [1.54, 1.807) is 0 Å². The number of H-pyrrole nitrogens is 2. The van der Waals surface area contributed by atoms with Gasteiger partial charge in [0.05, 0.1) is 0 Å². The van der Waals surface area contributed by atoms with Gasteiger partial charge in [0.1, 0.15) is 0 Å². The summed E-state index contributed by atoms with van der Waals surface area (Å²) in [6.45, 7) is 6.57. The number of nitrogens with zero attached hydrogens (tertiary/aromatic N) is 2. The van der Waals surface area contributed by atoms with Gasteiger partial charge in [-0.05, 0) is 37.3 Å². The van der Waals surface area contributed by atoms with Gasteiger partial charge in [-0.2, -0.15) is 4.98 Å². The van der Waals surface area contributed by atoms with E-state index in [1.165, 1.54) is 77.0 Å². The van der Waals surface area contributed by atoms with E-state index in [-0.39, 0.29) is 20.3 Å². The standard InChI is InChI=1S/C19H36N4S2.Li.H/c1-3-5-7-9-11-13-15-23(16-14-12-10-8-6-4-2)17-20-18(24)22-19(25)21-17;;/h3-16H2,1-2H3,(H2,20,21,22,24,25);;/q;+1;-1. The van der Waals surface area contributed by atoms with Crippen LogP contribution in [0.15, 0.2) is 0 Å². The molecule has 0 aromatic carbocycles. The molecule has 4 nitrogen and oxygen atoms in total. The molecule has 0 saturated carbocycles. The Morgan fingerprint density at radius 3 is 1.69 bits per heavy atom. The maximum Gasteiger partial charge on any atom is 1.00 e. The van der Waals surface area contributed by atoms with Gasteiger partial charge in [0.15, 0.2) is 4.77 Å². The van der Waals surface area contributed by atoms with Crippen LogP contribution < -0.4 is 23.8 Å². The third-order valence-electron chi connectivity index (χ3n) is 4.52. The topological polar surface area (TPSA) is 47.7 Å². The Balaban J connectivity index is 0. The van der Waals surface area contributed by atoms with Crippen molar-refractivity contribution in [3.8, 4) is 0 Å². The fraction of sp³-hybridized carbons (Fsp3) is 0.842. The van der Waals surface area contributed by atoms with Crippen LogP contribution >= 0.6 is 24.4 Å². The van der Waals surface area contributed by atoms with E-state index >= 15 is 0 Å². The largest absolute Gasteiger partial charge is 1.00 e. The Hall–Kier alpha value is -0.153. The number of aromatic amines is 2. The molecule has 0 fully saturated rings. The Kier molecular flexibility index (Phi) is 16.9. The van der Waals surface area contributed by atoms with E-state index in [0.29, 0.717) is 9.54 Å². The van der Waals surface area contributed by atoms with Crippen molar-refractivity contribution in [1.82, 2.24) is 15.0 Å². The Morgan fingerprint density at radius 1 is 0.769 bits per heavy atom. The Morgan fingerprint density at radius 2 is 1.23 bits per heavy atom. The van der Waals surface area contributed by atoms with Crippen molar-refractivity contribution >= 4 is 30.4 Å². The van der Waals surface area contributed by atoms with Crippen molar-refractivity contribution in [1.29, 1.82) is 0 Å². The monoisotopic (exact) mass is 392 g/mol. The molecule has 0 atom stereocenters. The van der Waals surface area contributed by atoms with Crippen molar-refractivity contribution in [3.05, 3.63) is 9.54 Å². The van der Waals surface area contributed by atoms with Gasteiger partial charge in [-0.15, -0.1) is 0 Å². The van der Waals surface area contributed by atoms with Gasteiger partial charge in [-0.25, -0.2) is 0 Å². The number of anilines is 1. The van der Waals surface area contributed by atoms with Crippen LogP contribution in [0.5, 0.6) is 0 Å². The zero-order valence-electron chi connectivity index (χ0n) is 18.1. The number of hydrogen-bond acceptors (Lipinski definition) is 4. The van der Waals surface area contributed by atoms with Crippen molar-refractivity contribution in [2.24, 2.45) is 0 Å². The number of rotatable bonds is 15. The van der Waals surface area contributed by atoms with Crippen LogP contribution in [-0.4, -0.2) is 28.0 Å². The van der Waals surface area contributed by atoms with Gasteiger partial charge in [0.2, 0.25) is 10.7 Å². The first kappa shape index (κ1) is 25.8. The minimum atomic E-state index is 0. The van der Waals surface area contributed by atoms with E-state index in [0.717, 1.165) is 19.0 Å². The van der Waals surface area contributed by atoms with Crippen molar-refractivity contribution in [3.63, 3.8) is 0 Å². The Labute approximate surface area is 183 Å². The molecule has 0 spiro atoms. The molecule has 0 aliphatic rings. The molecule has 1 rings (SSSR count). The van der Waals surface area contributed by atoms with Gasteiger partial charge in [-0.3, -0.25) is 0 Å². The van der Waals surface area contributed by atoms with Crippen LogP contribution in [0.2, 0.25) is 0 Å². The average Bonchev–Trinajstić information content (AvgIpc) is 2.58. The molecule has 146 valence electrons. The summed E-state index contributed by atoms with van der Waals surface area (Å²) >= 11 is 10.4. The predicted molar refractivity (Wildman–Crippen MR) is 115 cm³/mol. The van der Waals surface area contributed by atoms with E-state index in [4.69, 9.17) is 24.4 Å². The minimum Gasteiger partial charge on any atom is -1.00 e. The summed E-state index contributed by atoms with van der Waals surface area (Å²) in [4.78, 5) is 12.8. The molecule has 1 aromatic heterocycles. The molecule has 0 radical (unpaired) electrons. The second kappa shape index (κ2) is 17.0. The molecule has 0 amide bonds. The molecule has 1 heterocycles. The van der Waals surface area contributed by atoms with E-state index in [9.17, 15) is 0 Å². The van der Waals surface area contributed by atoms with Crippen molar-refractivity contribution in [2.45, 2.75) is 90.9 Å². The summed E-state index contributed by atoms with van der Waals surface area (Å²) < 4.78 is 1.03. The molecule has 0 saturated heterocycles. The zero-order valence-corrected chi connectivity index (χ0v) is 18.7. The summed E-state index contributed by atoms with van der Waals surface area (Å²) in [6.07, 6.45) is 15.6. The SMILES string of the molecule is CCCCCCCCN(CCCCCCCC)c1nc(=S)[nH]c(=S)[nH]1.[H-].[Li+]. The number of hydrogen-bond donors (Lipinski definition) is 2. The van der Waals surface area contributed by atoms with Gasteiger partial charge in [0, 0.05) is 13.1 Å². The second-order valence-corrected chi connectivity index (χ2v) is 7.64. The number of aromatic nitrogens is 3. The molecule has 26 heavy (non-hydrogen) atoms. The third-order valence-corrected chi connectivity index (χ3v) is 4.91. The zero-order chi connectivity index (χ0) is 18.3. The van der Waals surface area contributed by atoms with E-state index in [1.807, 2.05) is 0 Å². The maximum atomic E-state index is 5.23. The summed E-state index contributed by atoms with van der Waals surface area (Å²) in [5.74, 6) is 0.830. The second-order valence-electron chi connectivity index (χ2n) is 6.84. The van der Waals surface area contributed by atoms with Crippen LogP contribution in [0.4, 0.5) is 5.95 Å². The number of unbranched alkanes of at least 4 members (excludes halogenated alkanes) is 10. The van der Waals surface area contributed by atoms with Crippen molar-refractivity contribution < 1.29 is 20.3 Å². The van der Waals surface area contributed by atoms with Crippen LogP contribution in [-0.2, 0) is 0 Å². The molecule has 0 aliphatic carbocycles. The summed E-state index contributed by atoms with van der Waals surface area (Å²) in [5, 5.41) is 0. The predicted octanol–water partition coefficient (Wildman–Crippen LogP) is 3.84. The fourth-order valence-corrected chi connectivity index (χ4v) is 3.46. The fourth-order valence-electron chi connectivity index (χ4n) is 3.02. The molecule has 2 N–H and O–H groups in total. The smallest absolute Gasteiger partial charge is 1.00 e. The minimum absolute atomic E-state index is 0. The summed E-state index contributed by atoms with van der Waals surface area (Å²) in [5.41, 5.74) is 0. The molecule has 7 heteroatoms. The quantitative estimate of drug-likeness (QED) is 0.270. The molecular formula is C19H37LiN4S2. The first-order valence-electron chi connectivity index (χ1n) is 10.1. The average molecular weight is 393 g/mol. The maximum absolute atomic E-state index is 5.23. The van der Waals surface area contributed by atoms with Gasteiger partial charge in [-0.1, -0.05) is 78.1 Å². The van der Waals surface area contributed by atoms with Crippen LogP contribution in [0.25, 0.3) is 0 Å². The molecule has 0 unspecified atom stereocenters. The van der Waals surface area contributed by atoms with E-state index in [2.05, 4.69) is 33.7 Å². The van der Waals surface area contributed by atoms with E-state index < -0.39 is 0 Å². The van der Waals surface area contributed by atoms with Gasteiger partial charge >= 0.3 is 18.9 Å². The molecule has 0 bridgehead atoms. The Bertz CT molecular complexity index is 521. The molecule has 0 aliphatic heterocycles. The first-order valence-corrected chi connectivity index (χ1v) is 10.9. The van der Waals surface area contributed by atoms with Crippen LogP contribution in [0.1, 0.15) is 92.3 Å². The summed E-state index contributed by atoms with van der Waals surface area (Å²) in [7, 11) is 0. The normalized spacial score (nSPS) is 10.5. The van der Waals surface area contributed by atoms with Gasteiger partial charge in [0.25, 0.3) is 0 Å². The molecule has 1 aromatic rings. The van der Waals surface area contributed by atoms with Crippen molar-refractivity contribution in [2.75, 3.05) is 18.0 Å². The summed E-state index contributed by atoms with van der Waals surface area (Å²) in [6, 6.07) is 0. The van der Waals surface area contributed by atoms with Gasteiger partial charge < -0.3 is 16.3 Å². The third kappa shape index (κ3) is 12.3. The molecular weight excluding hydrogens is 355 g/mol.